The minimum Gasteiger partial charge on any atom is -0.454 e. The van der Waals surface area contributed by atoms with Crippen LogP contribution in [0.2, 0.25) is 5.02 Å². The van der Waals surface area contributed by atoms with Crippen molar-refractivity contribution in [1.82, 2.24) is 5.32 Å². The zero-order valence-electron chi connectivity index (χ0n) is 12.7. The van der Waals surface area contributed by atoms with Crippen molar-refractivity contribution in [3.8, 4) is 11.5 Å². The third kappa shape index (κ3) is 3.82. The largest absolute Gasteiger partial charge is 0.454 e. The maximum atomic E-state index is 12.0. The Morgan fingerprint density at radius 2 is 2.09 bits per heavy atom. The number of hydrogen-bond donors (Lipinski definition) is 1. The summed E-state index contributed by atoms with van der Waals surface area (Å²) < 4.78 is 15.3. The van der Waals surface area contributed by atoms with Crippen LogP contribution < -0.4 is 14.8 Å². The summed E-state index contributed by atoms with van der Waals surface area (Å²) in [5, 5.41) is 3.04. The molecular weight excluding hydrogens is 310 g/mol. The molecule has 1 aliphatic heterocycles. The Kier molecular flexibility index (Phi) is 4.81. The Balaban J connectivity index is 1.96. The van der Waals surface area contributed by atoms with Crippen LogP contribution in [0.25, 0.3) is 0 Å². The molecule has 22 heavy (non-hydrogen) atoms. The summed E-state index contributed by atoms with van der Waals surface area (Å²) in [5.74, 6) is -0.214. The van der Waals surface area contributed by atoms with Gasteiger partial charge in [0, 0.05) is 5.54 Å². The maximum absolute atomic E-state index is 12.0. The van der Waals surface area contributed by atoms with E-state index in [9.17, 15) is 9.59 Å². The van der Waals surface area contributed by atoms with E-state index < -0.39 is 5.97 Å². The Bertz CT molecular complexity index is 600. The fourth-order valence-electron chi connectivity index (χ4n) is 1.80. The smallest absolute Gasteiger partial charge is 0.338 e. The molecule has 0 aliphatic carbocycles. The molecule has 0 atom stereocenters. The number of benzene rings is 1. The molecule has 0 fully saturated rings. The average molecular weight is 328 g/mol. The van der Waals surface area contributed by atoms with Gasteiger partial charge in [-0.1, -0.05) is 18.5 Å². The van der Waals surface area contributed by atoms with E-state index in [4.69, 9.17) is 25.8 Å². The van der Waals surface area contributed by atoms with Gasteiger partial charge in [-0.3, -0.25) is 4.79 Å². The highest BCUT2D eigenvalue weighted by Crippen LogP contribution is 2.39. The average Bonchev–Trinajstić information content (AvgIpc) is 2.93. The highest BCUT2D eigenvalue weighted by molar-refractivity contribution is 6.32. The van der Waals surface area contributed by atoms with Crippen molar-refractivity contribution < 1.29 is 23.8 Å². The molecule has 120 valence electrons. The second kappa shape index (κ2) is 6.44. The van der Waals surface area contributed by atoms with Crippen molar-refractivity contribution in [2.45, 2.75) is 32.7 Å². The monoisotopic (exact) mass is 327 g/mol. The molecule has 2 rings (SSSR count). The van der Waals surface area contributed by atoms with E-state index in [2.05, 4.69) is 5.32 Å². The first kappa shape index (κ1) is 16.4. The minimum absolute atomic E-state index is 0.0576. The van der Waals surface area contributed by atoms with Gasteiger partial charge in [-0.25, -0.2) is 4.79 Å². The molecule has 0 aromatic heterocycles. The number of esters is 1. The standard InChI is InChI=1S/C15H18ClNO5/c1-4-15(2,3)17-12(18)7-20-14(19)9-5-10(16)13-11(6-9)21-8-22-13/h5-6H,4,7-8H2,1-3H3,(H,17,18). The number of hydrogen-bond acceptors (Lipinski definition) is 5. The van der Waals surface area contributed by atoms with Gasteiger partial charge in [0.1, 0.15) is 0 Å². The second-order valence-corrected chi connectivity index (χ2v) is 5.96. The highest BCUT2D eigenvalue weighted by Gasteiger charge is 2.22. The van der Waals surface area contributed by atoms with E-state index in [0.717, 1.165) is 6.42 Å². The van der Waals surface area contributed by atoms with Crippen molar-refractivity contribution in [2.24, 2.45) is 0 Å². The lowest BCUT2D eigenvalue weighted by atomic mass is 10.0. The number of carbonyl (C=O) groups excluding carboxylic acids is 2. The zero-order chi connectivity index (χ0) is 16.3. The Labute approximate surface area is 133 Å². The molecule has 0 saturated heterocycles. The number of fused-ring (bicyclic) bond motifs is 1. The fourth-order valence-corrected chi connectivity index (χ4v) is 2.07. The van der Waals surface area contributed by atoms with Crippen molar-refractivity contribution in [3.63, 3.8) is 0 Å². The predicted molar refractivity (Wildman–Crippen MR) is 80.4 cm³/mol. The molecule has 1 N–H and O–H groups in total. The van der Waals surface area contributed by atoms with E-state index >= 15 is 0 Å². The molecule has 1 amide bonds. The van der Waals surface area contributed by atoms with Crippen LogP contribution in [-0.2, 0) is 9.53 Å². The summed E-state index contributed by atoms with van der Waals surface area (Å²) in [6, 6.07) is 2.90. The summed E-state index contributed by atoms with van der Waals surface area (Å²) in [6.45, 7) is 5.45. The van der Waals surface area contributed by atoms with E-state index in [1.165, 1.54) is 12.1 Å². The molecule has 0 radical (unpaired) electrons. The van der Waals surface area contributed by atoms with Crippen LogP contribution in [0.3, 0.4) is 0 Å². The maximum Gasteiger partial charge on any atom is 0.338 e. The van der Waals surface area contributed by atoms with Gasteiger partial charge in [0.25, 0.3) is 5.91 Å². The summed E-state index contributed by atoms with van der Waals surface area (Å²) in [7, 11) is 0. The normalized spacial score (nSPS) is 12.9. The third-order valence-corrected chi connectivity index (χ3v) is 3.64. The van der Waals surface area contributed by atoms with E-state index in [1.54, 1.807) is 0 Å². The van der Waals surface area contributed by atoms with Gasteiger partial charge in [-0.15, -0.1) is 0 Å². The first-order valence-corrected chi connectivity index (χ1v) is 7.27. The van der Waals surface area contributed by atoms with Crippen LogP contribution in [0, 0.1) is 0 Å². The van der Waals surface area contributed by atoms with Gasteiger partial charge in [0.15, 0.2) is 18.1 Å². The minimum atomic E-state index is -0.648. The molecule has 1 heterocycles. The van der Waals surface area contributed by atoms with Gasteiger partial charge >= 0.3 is 5.97 Å². The molecule has 7 heteroatoms. The van der Waals surface area contributed by atoms with Crippen LogP contribution >= 0.6 is 11.6 Å². The van der Waals surface area contributed by atoms with Gasteiger partial charge in [0.2, 0.25) is 6.79 Å². The molecule has 0 unspecified atom stereocenters. The molecule has 0 bridgehead atoms. The molecule has 6 nitrogen and oxygen atoms in total. The number of carbonyl (C=O) groups is 2. The van der Waals surface area contributed by atoms with Crippen molar-refractivity contribution >= 4 is 23.5 Å². The van der Waals surface area contributed by atoms with Gasteiger partial charge in [-0.2, -0.15) is 0 Å². The topological polar surface area (TPSA) is 73.9 Å². The summed E-state index contributed by atoms with van der Waals surface area (Å²) in [6.07, 6.45) is 0.768. The lowest BCUT2D eigenvalue weighted by Crippen LogP contribution is -2.44. The Morgan fingerprint density at radius 3 is 2.77 bits per heavy atom. The van der Waals surface area contributed by atoms with Gasteiger partial charge in [-0.05, 0) is 32.4 Å². The number of nitrogens with one attached hydrogen (secondary N) is 1. The summed E-state index contributed by atoms with van der Waals surface area (Å²) in [4.78, 5) is 23.7. The second-order valence-electron chi connectivity index (χ2n) is 5.55. The lowest BCUT2D eigenvalue weighted by Gasteiger charge is -2.24. The van der Waals surface area contributed by atoms with Crippen LogP contribution in [0.4, 0.5) is 0 Å². The van der Waals surface area contributed by atoms with E-state index in [1.807, 2.05) is 20.8 Å². The van der Waals surface area contributed by atoms with Crippen molar-refractivity contribution in [3.05, 3.63) is 22.7 Å². The van der Waals surface area contributed by atoms with Crippen molar-refractivity contribution in [1.29, 1.82) is 0 Å². The van der Waals surface area contributed by atoms with Gasteiger partial charge in [0.05, 0.1) is 10.6 Å². The fraction of sp³-hybridized carbons (Fsp3) is 0.467. The van der Waals surface area contributed by atoms with Crippen LogP contribution in [-0.4, -0.2) is 30.8 Å². The molecule has 0 spiro atoms. The lowest BCUT2D eigenvalue weighted by molar-refractivity contribution is -0.125. The Morgan fingerprint density at radius 1 is 1.36 bits per heavy atom. The first-order chi connectivity index (χ1) is 10.3. The molecule has 1 aromatic carbocycles. The SMILES string of the molecule is CCC(C)(C)NC(=O)COC(=O)c1cc(Cl)c2c(c1)OCO2. The number of rotatable bonds is 5. The number of halogens is 1. The number of amides is 1. The molecule has 0 saturated carbocycles. The first-order valence-electron chi connectivity index (χ1n) is 6.89. The highest BCUT2D eigenvalue weighted by atomic mass is 35.5. The summed E-state index contributed by atoms with van der Waals surface area (Å²) in [5.41, 5.74) is -0.136. The number of ether oxygens (including phenoxy) is 3. The van der Waals surface area contributed by atoms with Crippen LogP contribution in [0.15, 0.2) is 12.1 Å². The van der Waals surface area contributed by atoms with Crippen molar-refractivity contribution in [2.75, 3.05) is 13.4 Å². The van der Waals surface area contributed by atoms with Gasteiger partial charge < -0.3 is 19.5 Å². The van der Waals surface area contributed by atoms with Crippen LogP contribution in [0.1, 0.15) is 37.6 Å². The van der Waals surface area contributed by atoms with E-state index in [0.29, 0.717) is 11.5 Å². The Hall–Kier alpha value is -1.95. The van der Waals surface area contributed by atoms with E-state index in [-0.39, 0.29) is 35.4 Å². The molecule has 1 aromatic rings. The summed E-state index contributed by atoms with van der Waals surface area (Å²) >= 11 is 6.00. The molecule has 1 aliphatic rings. The van der Waals surface area contributed by atoms with Crippen LogP contribution in [0.5, 0.6) is 11.5 Å². The zero-order valence-corrected chi connectivity index (χ0v) is 13.5. The predicted octanol–water partition coefficient (Wildman–Crippen LogP) is 2.53. The third-order valence-electron chi connectivity index (χ3n) is 3.36. The quantitative estimate of drug-likeness (QED) is 0.841. The molecular formula is C15H18ClNO5.